The Morgan fingerprint density at radius 2 is 2.12 bits per heavy atom. The molecule has 1 fully saturated rings. The molecule has 0 bridgehead atoms. The van der Waals surface area contributed by atoms with E-state index < -0.39 is 42.9 Å². The maximum Gasteiger partial charge on any atom is 0.285 e. The van der Waals surface area contributed by atoms with Crippen LogP contribution in [0.2, 0.25) is 0 Å². The highest BCUT2D eigenvalue weighted by Crippen LogP contribution is 2.31. The van der Waals surface area contributed by atoms with Crippen molar-refractivity contribution in [3.8, 4) is 0 Å². The molecule has 1 saturated heterocycles. The average molecular weight is 339 g/mol. The molecule has 5 atom stereocenters. The van der Waals surface area contributed by atoms with Crippen LogP contribution in [0.5, 0.6) is 0 Å². The van der Waals surface area contributed by atoms with E-state index in [0.29, 0.717) is 13.0 Å². The Balaban J connectivity index is 1.84. The van der Waals surface area contributed by atoms with Gasteiger partial charge in [-0.25, -0.2) is 9.55 Å². The van der Waals surface area contributed by atoms with Crippen LogP contribution in [0, 0.1) is 0 Å². The summed E-state index contributed by atoms with van der Waals surface area (Å²) in [5.74, 6) is 0.194. The zero-order valence-corrected chi connectivity index (χ0v) is 12.5. The monoisotopic (exact) mass is 339 g/mol. The molecule has 2 aliphatic heterocycles. The van der Waals surface area contributed by atoms with Gasteiger partial charge in [-0.15, -0.1) is 0 Å². The Labute approximate surface area is 134 Å². The van der Waals surface area contributed by atoms with Crippen molar-refractivity contribution in [2.75, 3.05) is 18.5 Å². The third-order valence-corrected chi connectivity index (χ3v) is 4.40. The Bertz CT molecular complexity index is 834. The molecule has 2 aromatic heterocycles. The smallest absolute Gasteiger partial charge is 0.285 e. The number of imidazole rings is 1. The molecule has 130 valence electrons. The van der Waals surface area contributed by atoms with Crippen molar-refractivity contribution in [1.82, 2.24) is 19.1 Å². The molecular formula is C13H17N5O6. The van der Waals surface area contributed by atoms with Crippen molar-refractivity contribution in [3.05, 3.63) is 16.7 Å². The normalized spacial score (nSPS) is 32.8. The van der Waals surface area contributed by atoms with Crippen LogP contribution in [-0.2, 0) is 4.74 Å². The van der Waals surface area contributed by atoms with Crippen molar-refractivity contribution in [3.63, 3.8) is 0 Å². The molecule has 0 aliphatic carbocycles. The Hall–Kier alpha value is -2.05. The van der Waals surface area contributed by atoms with Gasteiger partial charge in [0.1, 0.15) is 24.5 Å². The van der Waals surface area contributed by atoms with Gasteiger partial charge in [-0.05, 0) is 0 Å². The van der Waals surface area contributed by atoms with E-state index >= 15 is 0 Å². The van der Waals surface area contributed by atoms with Gasteiger partial charge in [0.2, 0.25) is 5.95 Å². The molecule has 2 aromatic rings. The summed E-state index contributed by atoms with van der Waals surface area (Å²) in [4.78, 5) is 20.8. The zero-order chi connectivity index (χ0) is 17.0. The molecule has 5 N–H and O–H groups in total. The number of nitrogens with one attached hydrogen (secondary N) is 1. The minimum absolute atomic E-state index is 0.0132. The second-order valence-corrected chi connectivity index (χ2v) is 5.86. The van der Waals surface area contributed by atoms with Crippen LogP contribution in [0.4, 0.5) is 5.95 Å². The first-order chi connectivity index (χ1) is 11.5. The maximum absolute atomic E-state index is 12.5. The molecule has 0 saturated carbocycles. The summed E-state index contributed by atoms with van der Waals surface area (Å²) >= 11 is 0. The van der Waals surface area contributed by atoms with Gasteiger partial charge in [-0.1, -0.05) is 0 Å². The predicted octanol–water partition coefficient (Wildman–Crippen LogP) is -2.49. The van der Waals surface area contributed by atoms with Crippen LogP contribution in [0.15, 0.2) is 11.1 Å². The van der Waals surface area contributed by atoms with Gasteiger partial charge < -0.3 is 30.5 Å². The van der Waals surface area contributed by atoms with E-state index in [2.05, 4.69) is 15.3 Å². The minimum Gasteiger partial charge on any atom is -0.394 e. The Kier molecular flexibility index (Phi) is 3.54. The number of aliphatic hydroxyl groups excluding tert-OH is 4. The van der Waals surface area contributed by atoms with E-state index in [1.165, 1.54) is 10.9 Å². The van der Waals surface area contributed by atoms with E-state index in [1.807, 2.05) is 0 Å². The van der Waals surface area contributed by atoms with Crippen LogP contribution < -0.4 is 10.9 Å². The summed E-state index contributed by atoms with van der Waals surface area (Å²) < 4.78 is 7.91. The van der Waals surface area contributed by atoms with Gasteiger partial charge in [0.05, 0.1) is 12.9 Å². The van der Waals surface area contributed by atoms with Crippen LogP contribution in [0.1, 0.15) is 18.9 Å². The van der Waals surface area contributed by atoms with Gasteiger partial charge in [0.15, 0.2) is 17.4 Å². The summed E-state index contributed by atoms with van der Waals surface area (Å²) in [6, 6.07) is 0. The van der Waals surface area contributed by atoms with Crippen molar-refractivity contribution in [2.45, 2.75) is 37.2 Å². The van der Waals surface area contributed by atoms with Crippen LogP contribution in [0.3, 0.4) is 0 Å². The van der Waals surface area contributed by atoms with E-state index in [1.54, 1.807) is 0 Å². The fraction of sp³-hybridized carbons (Fsp3) is 0.615. The zero-order valence-electron chi connectivity index (χ0n) is 12.5. The number of rotatable bonds is 2. The second-order valence-electron chi connectivity index (χ2n) is 5.86. The number of hydrogen-bond acceptors (Lipinski definition) is 9. The van der Waals surface area contributed by atoms with Crippen LogP contribution in [0.25, 0.3) is 11.2 Å². The quantitative estimate of drug-likeness (QED) is 0.399. The van der Waals surface area contributed by atoms with E-state index in [0.717, 1.165) is 4.57 Å². The standard InChI is InChI=1S/C13H17N5O6/c19-3-5-8(21)9(22)12(24-5)17-4-15-7-10(17)16-13-14-2-1-6(20)18(13)11(7)23/h4-6,8-9,12,19-22H,1-3H2,(H,14,16)/t5-,6?,8-,9-,12?/m1/s1. The molecule has 4 rings (SSSR count). The largest absolute Gasteiger partial charge is 0.394 e. The molecule has 0 amide bonds. The number of anilines is 1. The van der Waals surface area contributed by atoms with Crippen LogP contribution in [-0.4, -0.2) is 71.0 Å². The molecule has 0 spiro atoms. The fourth-order valence-electron chi connectivity index (χ4n) is 3.12. The highest BCUT2D eigenvalue weighted by atomic mass is 16.6. The van der Waals surface area contributed by atoms with Gasteiger partial charge in [0.25, 0.3) is 5.56 Å². The first-order valence-corrected chi connectivity index (χ1v) is 7.56. The first-order valence-electron chi connectivity index (χ1n) is 7.56. The molecule has 0 aromatic carbocycles. The molecule has 4 heterocycles. The lowest BCUT2D eigenvalue weighted by Gasteiger charge is -2.24. The third-order valence-electron chi connectivity index (χ3n) is 4.40. The van der Waals surface area contributed by atoms with E-state index in [9.17, 15) is 25.2 Å². The number of ether oxygens (including phenoxy) is 1. The predicted molar refractivity (Wildman–Crippen MR) is 79.2 cm³/mol. The van der Waals surface area contributed by atoms with Crippen molar-refractivity contribution in [2.24, 2.45) is 0 Å². The summed E-state index contributed by atoms with van der Waals surface area (Å²) in [6.45, 7) is 0.00168. The van der Waals surface area contributed by atoms with Gasteiger partial charge in [-0.3, -0.25) is 9.36 Å². The summed E-state index contributed by atoms with van der Waals surface area (Å²) in [5.41, 5.74) is -0.345. The average Bonchev–Trinajstić information content (AvgIpc) is 3.10. The maximum atomic E-state index is 12.5. The Morgan fingerprint density at radius 3 is 2.83 bits per heavy atom. The number of nitrogens with zero attached hydrogens (tertiary/aromatic N) is 4. The number of fused-ring (bicyclic) bond motifs is 2. The number of aromatic nitrogens is 4. The molecule has 2 unspecified atom stereocenters. The van der Waals surface area contributed by atoms with Crippen molar-refractivity contribution >= 4 is 17.1 Å². The lowest BCUT2D eigenvalue weighted by atomic mass is 10.1. The molecule has 11 heteroatoms. The highest BCUT2D eigenvalue weighted by Gasteiger charge is 2.44. The molecule has 24 heavy (non-hydrogen) atoms. The number of hydrogen-bond donors (Lipinski definition) is 5. The topological polar surface area (TPSA) is 155 Å². The second kappa shape index (κ2) is 5.50. The van der Waals surface area contributed by atoms with Gasteiger partial charge >= 0.3 is 0 Å². The fourth-order valence-corrected chi connectivity index (χ4v) is 3.12. The third kappa shape index (κ3) is 2.06. The summed E-state index contributed by atoms with van der Waals surface area (Å²) in [5, 5.41) is 42.1. The van der Waals surface area contributed by atoms with E-state index in [-0.39, 0.29) is 17.1 Å². The Morgan fingerprint density at radius 1 is 1.33 bits per heavy atom. The van der Waals surface area contributed by atoms with Gasteiger partial charge in [0, 0.05) is 13.0 Å². The van der Waals surface area contributed by atoms with Crippen molar-refractivity contribution in [1.29, 1.82) is 0 Å². The summed E-state index contributed by atoms with van der Waals surface area (Å²) in [6.07, 6.45) is -3.89. The van der Waals surface area contributed by atoms with Crippen molar-refractivity contribution < 1.29 is 25.2 Å². The minimum atomic E-state index is -1.31. The molecule has 0 radical (unpaired) electrons. The van der Waals surface area contributed by atoms with Gasteiger partial charge in [-0.2, -0.15) is 4.98 Å². The molecule has 2 aliphatic rings. The number of aliphatic hydroxyl groups is 4. The summed E-state index contributed by atoms with van der Waals surface area (Å²) in [7, 11) is 0. The van der Waals surface area contributed by atoms with E-state index in [4.69, 9.17) is 4.74 Å². The molecule has 11 nitrogen and oxygen atoms in total. The highest BCUT2D eigenvalue weighted by molar-refractivity contribution is 5.71. The first kappa shape index (κ1) is 15.5. The lowest BCUT2D eigenvalue weighted by Crippen LogP contribution is -2.34. The lowest BCUT2D eigenvalue weighted by molar-refractivity contribution is -0.0511. The van der Waals surface area contributed by atoms with Crippen LogP contribution >= 0.6 is 0 Å². The SMILES string of the molecule is O=c1c2ncn(C3O[C@H](CO)[C@@H](O)[C@H]3O)c2nc2n1C(O)CCN2. The molecular weight excluding hydrogens is 322 g/mol.